The third kappa shape index (κ3) is 3.95. The average Bonchev–Trinajstić information content (AvgIpc) is 3.48. The predicted molar refractivity (Wildman–Crippen MR) is 130 cm³/mol. The van der Waals surface area contributed by atoms with Gasteiger partial charge in [-0.25, -0.2) is 23.9 Å². The summed E-state index contributed by atoms with van der Waals surface area (Å²) in [7, 11) is -5.03. The number of rotatable bonds is 7. The van der Waals surface area contributed by atoms with Crippen molar-refractivity contribution in [2.75, 3.05) is 12.3 Å². The summed E-state index contributed by atoms with van der Waals surface area (Å²) in [6.45, 7) is -0.470. The number of nitrogens with two attached hydrogens (primary N) is 1. The summed E-state index contributed by atoms with van der Waals surface area (Å²) in [6, 6.07) is 0. The summed E-state index contributed by atoms with van der Waals surface area (Å²) in [4.78, 5) is 55.1. The third-order valence-corrected chi connectivity index (χ3v) is 8.31. The molecule has 3 aliphatic rings. The number of nitrogens with zero attached hydrogens (tertiary/aromatic N) is 6. The quantitative estimate of drug-likeness (QED) is 0.125. The molecule has 7 rings (SSSR count). The van der Waals surface area contributed by atoms with Crippen LogP contribution in [0.1, 0.15) is 18.9 Å². The fourth-order valence-corrected chi connectivity index (χ4v) is 6.46. The van der Waals surface area contributed by atoms with Gasteiger partial charge in [0.1, 0.15) is 18.3 Å². The van der Waals surface area contributed by atoms with Gasteiger partial charge in [-0.2, -0.15) is 4.98 Å². The van der Waals surface area contributed by atoms with Crippen molar-refractivity contribution in [1.82, 2.24) is 39.0 Å². The Hall–Kier alpha value is -3.62. The van der Waals surface area contributed by atoms with E-state index in [1.165, 1.54) is 10.9 Å². The molecule has 2 unspecified atom stereocenters. The number of nitrogens with one attached hydrogen (secondary N) is 2. The SMILES string of the molecule is Nc1nc2c(ncn2[C@@H]2O[C@H](CO)C[C@H]2OP(=O)(O)OC2[C@H]3O[C@@H](n4cnc5c(=O)[nH]cnc54)[C@H](F)[C@@]23O)c(=O)[nH]1. The summed E-state index contributed by atoms with van der Waals surface area (Å²) in [5, 5.41) is 20.5. The maximum atomic E-state index is 15.5. The first kappa shape index (κ1) is 26.3. The van der Waals surface area contributed by atoms with E-state index in [2.05, 4.69) is 29.9 Å². The Balaban J connectivity index is 1.09. The van der Waals surface area contributed by atoms with Crippen LogP contribution in [0.5, 0.6) is 0 Å². The molecule has 2 saturated heterocycles. The molecule has 218 valence electrons. The summed E-state index contributed by atoms with van der Waals surface area (Å²) in [6.07, 6.45) is -6.50. The highest BCUT2D eigenvalue weighted by Crippen LogP contribution is 2.62. The summed E-state index contributed by atoms with van der Waals surface area (Å²) >= 11 is 0. The van der Waals surface area contributed by atoms with E-state index >= 15 is 4.39 Å². The number of hydrogen-bond donors (Lipinski definition) is 6. The number of nitrogen functional groups attached to an aromatic ring is 1. The van der Waals surface area contributed by atoms with Crippen molar-refractivity contribution in [2.24, 2.45) is 0 Å². The normalized spacial score (nSPS) is 34.3. The van der Waals surface area contributed by atoms with Gasteiger partial charge in [0.05, 0.1) is 31.7 Å². The van der Waals surface area contributed by atoms with Crippen LogP contribution in [-0.4, -0.2) is 96.9 Å². The van der Waals surface area contributed by atoms with E-state index in [9.17, 15) is 29.3 Å². The maximum Gasteiger partial charge on any atom is 0.473 e. The van der Waals surface area contributed by atoms with Crippen molar-refractivity contribution >= 4 is 36.1 Å². The zero-order valence-electron chi connectivity index (χ0n) is 20.5. The highest BCUT2D eigenvalue weighted by Gasteiger charge is 2.80. The molecule has 9 atom stereocenters. The van der Waals surface area contributed by atoms with E-state index < -0.39 is 74.2 Å². The van der Waals surface area contributed by atoms with Gasteiger partial charge < -0.3 is 35.3 Å². The second kappa shape index (κ2) is 8.94. The lowest BCUT2D eigenvalue weighted by Crippen LogP contribution is -2.34. The lowest BCUT2D eigenvalue weighted by atomic mass is 10.2. The van der Waals surface area contributed by atoms with Crippen LogP contribution in [0.2, 0.25) is 0 Å². The van der Waals surface area contributed by atoms with Crippen molar-refractivity contribution in [3.05, 3.63) is 39.7 Å². The first-order valence-corrected chi connectivity index (χ1v) is 13.6. The van der Waals surface area contributed by atoms with Gasteiger partial charge in [0.2, 0.25) is 5.95 Å². The van der Waals surface area contributed by atoms with Gasteiger partial charge in [-0.1, -0.05) is 0 Å². The molecule has 1 saturated carbocycles. The molecule has 4 aromatic heterocycles. The molecule has 0 bridgehead atoms. The Bertz CT molecular complexity index is 1840. The van der Waals surface area contributed by atoms with Gasteiger partial charge in [0, 0.05) is 6.42 Å². The highest BCUT2D eigenvalue weighted by atomic mass is 31.2. The van der Waals surface area contributed by atoms with E-state index in [0.717, 1.165) is 17.2 Å². The summed E-state index contributed by atoms with van der Waals surface area (Å²) in [5.74, 6) is -0.214. The number of anilines is 1. The van der Waals surface area contributed by atoms with Gasteiger partial charge in [-0.05, 0) is 0 Å². The molecule has 0 radical (unpaired) electrons. The van der Waals surface area contributed by atoms with Crippen LogP contribution in [0, 0.1) is 0 Å². The van der Waals surface area contributed by atoms with Crippen molar-refractivity contribution in [1.29, 1.82) is 0 Å². The van der Waals surface area contributed by atoms with Gasteiger partial charge >= 0.3 is 7.82 Å². The van der Waals surface area contributed by atoms with Gasteiger partial charge in [-0.15, -0.1) is 0 Å². The number of hydrogen-bond acceptors (Lipinski definition) is 14. The fourth-order valence-electron chi connectivity index (χ4n) is 5.31. The minimum Gasteiger partial charge on any atom is -0.394 e. The predicted octanol–water partition coefficient (Wildman–Crippen LogP) is -2.03. The molecule has 0 spiro atoms. The van der Waals surface area contributed by atoms with Crippen LogP contribution >= 0.6 is 7.82 Å². The molecule has 7 N–H and O–H groups in total. The van der Waals surface area contributed by atoms with Crippen molar-refractivity contribution < 1.29 is 42.6 Å². The Morgan fingerprint density at radius 3 is 2.51 bits per heavy atom. The number of aliphatic hydroxyl groups excluding tert-OH is 1. The minimum atomic E-state index is -5.03. The molecule has 6 heterocycles. The number of aromatic nitrogens is 8. The Kier molecular flexibility index (Phi) is 5.73. The molecule has 3 fully saturated rings. The Morgan fingerprint density at radius 1 is 1.12 bits per heavy atom. The molecule has 2 aliphatic heterocycles. The smallest absolute Gasteiger partial charge is 0.394 e. The van der Waals surface area contributed by atoms with E-state index in [0.29, 0.717) is 0 Å². The van der Waals surface area contributed by atoms with E-state index in [1.807, 2.05) is 0 Å². The number of alkyl halides is 1. The van der Waals surface area contributed by atoms with Gasteiger partial charge in [0.15, 0.2) is 46.6 Å². The third-order valence-electron chi connectivity index (χ3n) is 7.28. The number of H-pyrrole nitrogens is 2. The number of halogens is 1. The lowest BCUT2D eigenvalue weighted by molar-refractivity contribution is -0.0697. The van der Waals surface area contributed by atoms with Crippen LogP contribution in [0.4, 0.5) is 10.3 Å². The Morgan fingerprint density at radius 2 is 1.83 bits per heavy atom. The van der Waals surface area contributed by atoms with E-state index in [-0.39, 0.29) is 34.7 Å². The van der Waals surface area contributed by atoms with Gasteiger partial charge in [-0.3, -0.25) is 32.8 Å². The molecule has 1 aliphatic carbocycles. The number of aliphatic hydroxyl groups is 2. The largest absolute Gasteiger partial charge is 0.473 e. The second-order valence-electron chi connectivity index (χ2n) is 9.77. The van der Waals surface area contributed by atoms with Crippen LogP contribution < -0.4 is 16.9 Å². The number of imidazole rings is 2. The monoisotopic (exact) mass is 597 g/mol. The summed E-state index contributed by atoms with van der Waals surface area (Å²) in [5.41, 5.74) is 1.98. The number of fused-ring (bicyclic) bond motifs is 3. The average molecular weight is 597 g/mol. The zero-order chi connectivity index (χ0) is 28.8. The standard InChI is InChI=1S/C20H21FN9O10P/c21-10-18(29-4-25-8-13(29)23-3-24-15(8)32)38-11-12(20(10,11)34)40-41(35,36)39-7-1-6(2-31)37-17(7)30-5-26-9-14(30)27-19(22)28-16(9)33/h3-7,10-12,17-18,31,34H,1-2H2,(H,35,36)(H,23,24,32)(H3,22,27,28,33)/t6-,7+,10-,11+,12?,17+,18+,20-/m0/s1. The van der Waals surface area contributed by atoms with Crippen LogP contribution in [-0.2, 0) is 23.1 Å². The summed E-state index contributed by atoms with van der Waals surface area (Å²) < 4.78 is 52.6. The highest BCUT2D eigenvalue weighted by molar-refractivity contribution is 7.47. The first-order valence-electron chi connectivity index (χ1n) is 12.1. The van der Waals surface area contributed by atoms with Crippen molar-refractivity contribution in [2.45, 2.75) is 55.1 Å². The fraction of sp³-hybridized carbons (Fsp3) is 0.500. The van der Waals surface area contributed by atoms with Gasteiger partial charge in [0.25, 0.3) is 11.1 Å². The minimum absolute atomic E-state index is 0.00798. The van der Waals surface area contributed by atoms with Crippen LogP contribution in [0.3, 0.4) is 0 Å². The molecule has 41 heavy (non-hydrogen) atoms. The molecule has 0 amide bonds. The van der Waals surface area contributed by atoms with E-state index in [1.54, 1.807) is 0 Å². The van der Waals surface area contributed by atoms with Crippen LogP contribution in [0.15, 0.2) is 28.6 Å². The molecule has 0 aromatic carbocycles. The first-order chi connectivity index (χ1) is 19.5. The lowest BCUT2D eigenvalue weighted by Gasteiger charge is -2.25. The van der Waals surface area contributed by atoms with Crippen LogP contribution in [0.25, 0.3) is 22.3 Å². The molecular weight excluding hydrogens is 576 g/mol. The molecule has 19 nitrogen and oxygen atoms in total. The second-order valence-corrected chi connectivity index (χ2v) is 11.1. The molecular formula is C20H21FN9O10P. The zero-order valence-corrected chi connectivity index (χ0v) is 21.4. The topological polar surface area (TPSA) is 268 Å². The molecule has 21 heteroatoms. The number of aromatic amines is 2. The van der Waals surface area contributed by atoms with E-state index in [4.69, 9.17) is 24.3 Å². The maximum absolute atomic E-state index is 15.5. The number of phosphoric acid groups is 1. The number of phosphoric ester groups is 1. The molecule has 4 aromatic rings. The van der Waals surface area contributed by atoms with Crippen molar-refractivity contribution in [3.8, 4) is 0 Å². The number of ether oxygens (including phenoxy) is 2. The Labute approximate surface area is 225 Å². The van der Waals surface area contributed by atoms with Crippen molar-refractivity contribution in [3.63, 3.8) is 0 Å².